The monoisotopic (exact) mass is 586 g/mol. The average Bonchev–Trinajstić information content (AvgIpc) is 2.98. The smallest absolute Gasteiger partial charge is 0.415 e. The highest BCUT2D eigenvalue weighted by atomic mass is 16.6. The van der Waals surface area contributed by atoms with Gasteiger partial charge in [-0.3, -0.25) is 4.90 Å². The summed E-state index contributed by atoms with van der Waals surface area (Å²) in [6, 6.07) is 10.2. The zero-order chi connectivity index (χ0) is 30.4. The van der Waals surface area contributed by atoms with Crippen LogP contribution in [-0.4, -0.2) is 71.5 Å². The Hall–Kier alpha value is -3.89. The first-order chi connectivity index (χ1) is 20.5. The van der Waals surface area contributed by atoms with Crippen molar-refractivity contribution in [2.45, 2.75) is 64.7 Å². The number of nitrogens with one attached hydrogen (secondary N) is 1. The van der Waals surface area contributed by atoms with Gasteiger partial charge in [0.05, 0.1) is 24.0 Å². The van der Waals surface area contributed by atoms with E-state index in [1.807, 2.05) is 64.4 Å². The first-order valence-corrected chi connectivity index (χ1v) is 15.1. The van der Waals surface area contributed by atoms with Crippen molar-refractivity contribution in [2.75, 3.05) is 55.0 Å². The Morgan fingerprint density at radius 1 is 1.05 bits per heavy atom. The molecule has 10 heteroatoms. The molecule has 0 aliphatic carbocycles. The Morgan fingerprint density at radius 3 is 2.51 bits per heavy atom. The summed E-state index contributed by atoms with van der Waals surface area (Å²) >= 11 is 0. The molecule has 3 aliphatic rings. The van der Waals surface area contributed by atoms with Crippen molar-refractivity contribution >= 4 is 29.0 Å². The normalized spacial score (nSPS) is 18.4. The number of carbonyl (C=O) groups is 1. The molecule has 2 aromatic heterocycles. The fourth-order valence-corrected chi connectivity index (χ4v) is 6.15. The van der Waals surface area contributed by atoms with Gasteiger partial charge < -0.3 is 29.7 Å². The molecule has 0 saturated carbocycles. The highest BCUT2D eigenvalue weighted by Crippen LogP contribution is 2.40. The summed E-state index contributed by atoms with van der Waals surface area (Å²) in [5.41, 5.74) is 5.53. The Balaban J connectivity index is 1.19. The molecule has 2 N–H and O–H groups in total. The molecular weight excluding hydrogens is 544 g/mol. The van der Waals surface area contributed by atoms with E-state index in [2.05, 4.69) is 38.2 Å². The second kappa shape index (κ2) is 11.3. The maximum atomic E-state index is 13.1. The number of fused-ring (bicyclic) bond motifs is 2. The number of likely N-dealkylation sites (tertiary alicyclic amines) is 1. The van der Waals surface area contributed by atoms with Crippen molar-refractivity contribution in [3.05, 3.63) is 65.0 Å². The van der Waals surface area contributed by atoms with Gasteiger partial charge in [0.2, 0.25) is 5.88 Å². The van der Waals surface area contributed by atoms with Gasteiger partial charge in [-0.05, 0) is 88.9 Å². The van der Waals surface area contributed by atoms with E-state index in [-0.39, 0.29) is 0 Å². The minimum atomic E-state index is -0.766. The van der Waals surface area contributed by atoms with Crippen LogP contribution < -0.4 is 19.9 Å². The molecule has 228 valence electrons. The molecule has 0 unspecified atom stereocenters. The number of hydrogen-bond donors (Lipinski definition) is 2. The Bertz CT molecular complexity index is 1490. The Morgan fingerprint density at radius 2 is 1.79 bits per heavy atom. The van der Waals surface area contributed by atoms with Crippen LogP contribution in [0, 0.1) is 6.92 Å². The number of amides is 1. The summed E-state index contributed by atoms with van der Waals surface area (Å²) in [4.78, 5) is 28.6. The molecule has 1 amide bonds. The van der Waals surface area contributed by atoms with Crippen LogP contribution in [0.25, 0.3) is 0 Å². The topological polar surface area (TPSA) is 103 Å². The third-order valence-electron chi connectivity index (χ3n) is 8.63. The van der Waals surface area contributed by atoms with Gasteiger partial charge in [-0.1, -0.05) is 12.1 Å². The lowest BCUT2D eigenvalue weighted by Crippen LogP contribution is -2.42. The van der Waals surface area contributed by atoms with Crippen LogP contribution >= 0.6 is 0 Å². The molecule has 0 spiro atoms. The fourth-order valence-electron chi connectivity index (χ4n) is 6.15. The first kappa shape index (κ1) is 29.2. The highest BCUT2D eigenvalue weighted by Gasteiger charge is 2.34. The molecule has 0 atom stereocenters. The molecule has 1 fully saturated rings. The van der Waals surface area contributed by atoms with E-state index in [0.29, 0.717) is 31.3 Å². The van der Waals surface area contributed by atoms with E-state index in [9.17, 15) is 9.90 Å². The van der Waals surface area contributed by atoms with Gasteiger partial charge in [0, 0.05) is 43.6 Å². The molecule has 6 rings (SSSR count). The number of aromatic nitrogens is 2. The first-order valence-electron chi connectivity index (χ1n) is 15.1. The summed E-state index contributed by atoms with van der Waals surface area (Å²) in [6.45, 7) is 11.7. The average molecular weight is 587 g/mol. The number of hydrogen-bond acceptors (Lipinski definition) is 9. The lowest BCUT2D eigenvalue weighted by Gasteiger charge is -2.37. The molecule has 10 nitrogen and oxygen atoms in total. The predicted molar refractivity (Wildman–Crippen MR) is 167 cm³/mol. The van der Waals surface area contributed by atoms with E-state index in [4.69, 9.17) is 9.47 Å². The van der Waals surface area contributed by atoms with Crippen LogP contribution in [0.5, 0.6) is 5.88 Å². The molecule has 0 radical (unpaired) electrons. The van der Waals surface area contributed by atoms with Crippen LogP contribution in [0.3, 0.4) is 0 Å². The fraction of sp³-hybridized carbons (Fsp3) is 0.485. The summed E-state index contributed by atoms with van der Waals surface area (Å²) in [5, 5.41) is 14.6. The van der Waals surface area contributed by atoms with E-state index in [0.717, 1.165) is 67.2 Å². The van der Waals surface area contributed by atoms with Gasteiger partial charge in [0.25, 0.3) is 0 Å². The number of piperidine rings is 1. The van der Waals surface area contributed by atoms with E-state index >= 15 is 0 Å². The standard InChI is InChI=1S/C33H42N6O4/c1-22-27(20-35-30-29(22)39(16-17-42-30)31(40)43-32(2,3)4)38-13-10-23-19-34-28(18-24(23)21-38)36-26-8-6-25(7-9-26)33(41)11-14-37(5)15-12-33/h6-9,18-20,41H,10-17,21H2,1-5H3,(H,34,36). The van der Waals surface area contributed by atoms with Crippen LogP contribution in [0.2, 0.25) is 0 Å². The van der Waals surface area contributed by atoms with Gasteiger partial charge in [-0.2, -0.15) is 0 Å². The largest absolute Gasteiger partial charge is 0.474 e. The van der Waals surface area contributed by atoms with Crippen LogP contribution in [0.4, 0.5) is 27.7 Å². The zero-order valence-corrected chi connectivity index (χ0v) is 25.8. The van der Waals surface area contributed by atoms with E-state index in [1.54, 1.807) is 4.90 Å². The predicted octanol–water partition coefficient (Wildman–Crippen LogP) is 5.14. The number of ether oxygens (including phenoxy) is 2. The SMILES string of the molecule is Cc1c(N2CCc3cnc(Nc4ccc(C5(O)CCN(C)CC5)cc4)cc3C2)cnc2c1N(C(=O)OC(C)(C)C)CCO2. The quantitative estimate of drug-likeness (QED) is 0.430. The maximum Gasteiger partial charge on any atom is 0.415 e. The molecule has 5 heterocycles. The van der Waals surface area contributed by atoms with Crippen molar-refractivity contribution in [3.8, 4) is 5.88 Å². The molecule has 3 aliphatic heterocycles. The number of benzene rings is 1. The number of anilines is 4. The van der Waals surface area contributed by atoms with E-state index in [1.165, 1.54) is 11.1 Å². The van der Waals surface area contributed by atoms with Gasteiger partial charge >= 0.3 is 6.09 Å². The minimum absolute atomic E-state index is 0.374. The van der Waals surface area contributed by atoms with Gasteiger partial charge in [0.15, 0.2) is 0 Å². The lowest BCUT2D eigenvalue weighted by molar-refractivity contribution is -0.0203. The second-order valence-corrected chi connectivity index (χ2v) is 12.9. The molecule has 0 bridgehead atoms. The summed E-state index contributed by atoms with van der Waals surface area (Å²) in [5.74, 6) is 1.23. The van der Waals surface area contributed by atoms with Crippen molar-refractivity contribution < 1.29 is 19.4 Å². The van der Waals surface area contributed by atoms with Gasteiger partial charge in [-0.15, -0.1) is 0 Å². The minimum Gasteiger partial charge on any atom is -0.474 e. The summed E-state index contributed by atoms with van der Waals surface area (Å²) in [6.07, 6.45) is 5.75. The second-order valence-electron chi connectivity index (χ2n) is 12.9. The number of aliphatic hydroxyl groups is 1. The van der Waals surface area contributed by atoms with Crippen molar-refractivity contribution in [2.24, 2.45) is 0 Å². The summed E-state index contributed by atoms with van der Waals surface area (Å²) in [7, 11) is 2.09. The molecule has 1 saturated heterocycles. The van der Waals surface area contributed by atoms with Crippen molar-refractivity contribution in [1.29, 1.82) is 0 Å². The maximum absolute atomic E-state index is 13.1. The molecule has 1 aromatic carbocycles. The van der Waals surface area contributed by atoms with Gasteiger partial charge in [-0.25, -0.2) is 14.8 Å². The number of nitrogens with zero attached hydrogens (tertiary/aromatic N) is 5. The lowest BCUT2D eigenvalue weighted by atomic mass is 9.84. The highest BCUT2D eigenvalue weighted by molar-refractivity contribution is 5.92. The number of pyridine rings is 2. The van der Waals surface area contributed by atoms with Crippen LogP contribution in [0.15, 0.2) is 42.7 Å². The van der Waals surface area contributed by atoms with E-state index < -0.39 is 17.3 Å². The number of carbonyl (C=O) groups excluding carboxylic acids is 1. The molecule has 43 heavy (non-hydrogen) atoms. The van der Waals surface area contributed by atoms with Gasteiger partial charge in [0.1, 0.15) is 23.7 Å². The van der Waals surface area contributed by atoms with Crippen molar-refractivity contribution in [3.63, 3.8) is 0 Å². The van der Waals surface area contributed by atoms with Crippen LogP contribution in [0.1, 0.15) is 55.9 Å². The Kier molecular flexibility index (Phi) is 7.68. The third kappa shape index (κ3) is 6.12. The molecular formula is C33H42N6O4. The van der Waals surface area contributed by atoms with Crippen molar-refractivity contribution in [1.82, 2.24) is 14.9 Å². The van der Waals surface area contributed by atoms with Crippen LogP contribution in [-0.2, 0) is 23.3 Å². The Labute approximate surface area is 253 Å². The summed E-state index contributed by atoms with van der Waals surface area (Å²) < 4.78 is 11.5. The number of rotatable bonds is 4. The molecule has 3 aromatic rings. The third-order valence-corrected chi connectivity index (χ3v) is 8.63. The zero-order valence-electron chi connectivity index (χ0n) is 25.8.